The Balaban J connectivity index is 1.46. The number of benzene rings is 3. The number of amides is 3. The number of carbonyl (C=O) groups is 3. The molecular weight excluding hydrogens is 436 g/mol. The zero-order valence-corrected chi connectivity index (χ0v) is 18.6. The van der Waals surface area contributed by atoms with Gasteiger partial charge in [0.2, 0.25) is 5.91 Å². The molecule has 166 valence electrons. The molecule has 0 atom stereocenters. The summed E-state index contributed by atoms with van der Waals surface area (Å²) >= 11 is 5.01. The molecule has 3 aromatic rings. The van der Waals surface area contributed by atoms with Gasteiger partial charge in [-0.25, -0.2) is 0 Å². The SMILES string of the molecule is Cc1cccc(C(=O)Nc2ccc(C(=O)NNC(=S)NC(=O)/C=C/c3ccccc3)cc2)c1. The van der Waals surface area contributed by atoms with Crippen LogP contribution in [0.4, 0.5) is 5.69 Å². The molecule has 7 nitrogen and oxygen atoms in total. The van der Waals surface area contributed by atoms with Gasteiger partial charge in [-0.2, -0.15) is 0 Å². The van der Waals surface area contributed by atoms with E-state index in [1.54, 1.807) is 42.5 Å². The fraction of sp³-hybridized carbons (Fsp3) is 0.0400. The van der Waals surface area contributed by atoms with E-state index in [1.807, 2.05) is 49.4 Å². The van der Waals surface area contributed by atoms with E-state index in [-0.39, 0.29) is 11.0 Å². The molecular formula is C25H22N4O3S. The van der Waals surface area contributed by atoms with E-state index in [0.29, 0.717) is 16.8 Å². The van der Waals surface area contributed by atoms with E-state index in [2.05, 4.69) is 21.5 Å². The third kappa shape index (κ3) is 7.41. The molecule has 0 spiro atoms. The summed E-state index contributed by atoms with van der Waals surface area (Å²) in [6.45, 7) is 1.91. The van der Waals surface area contributed by atoms with Gasteiger partial charge in [0.25, 0.3) is 11.8 Å². The first-order valence-corrected chi connectivity index (χ1v) is 10.4. The average Bonchev–Trinajstić information content (AvgIpc) is 2.82. The standard InChI is InChI=1S/C25H22N4O3S/c1-17-6-5-9-20(16-17)23(31)26-21-13-11-19(12-14-21)24(32)28-29-25(33)27-22(30)15-10-18-7-3-2-4-8-18/h2-16H,1H3,(H,26,31)(H,28,32)(H2,27,29,30,33)/b15-10+. The normalized spacial score (nSPS) is 10.3. The number of anilines is 1. The van der Waals surface area contributed by atoms with Crippen LogP contribution in [0.1, 0.15) is 31.8 Å². The van der Waals surface area contributed by atoms with Crippen LogP contribution < -0.4 is 21.5 Å². The van der Waals surface area contributed by atoms with Crippen molar-refractivity contribution >= 4 is 46.8 Å². The number of aryl methyl sites for hydroxylation is 1. The van der Waals surface area contributed by atoms with Gasteiger partial charge in [-0.3, -0.25) is 30.6 Å². The molecule has 0 saturated heterocycles. The van der Waals surface area contributed by atoms with Crippen molar-refractivity contribution in [1.82, 2.24) is 16.2 Å². The van der Waals surface area contributed by atoms with Crippen molar-refractivity contribution in [2.75, 3.05) is 5.32 Å². The third-order valence-corrected chi connectivity index (χ3v) is 4.64. The summed E-state index contributed by atoms with van der Waals surface area (Å²) in [6.07, 6.45) is 2.99. The lowest BCUT2D eigenvalue weighted by atomic mass is 10.1. The van der Waals surface area contributed by atoms with Gasteiger partial charge in [0.15, 0.2) is 5.11 Å². The van der Waals surface area contributed by atoms with Crippen molar-refractivity contribution in [3.8, 4) is 0 Å². The van der Waals surface area contributed by atoms with E-state index in [4.69, 9.17) is 12.2 Å². The van der Waals surface area contributed by atoms with Gasteiger partial charge in [-0.1, -0.05) is 48.0 Å². The van der Waals surface area contributed by atoms with E-state index in [9.17, 15) is 14.4 Å². The molecule has 0 radical (unpaired) electrons. The number of hydrazine groups is 1. The van der Waals surface area contributed by atoms with E-state index in [0.717, 1.165) is 11.1 Å². The Labute approximate surface area is 196 Å². The Kier molecular flexibility index (Phi) is 8.04. The van der Waals surface area contributed by atoms with E-state index in [1.165, 1.54) is 6.08 Å². The first-order valence-electron chi connectivity index (χ1n) is 10.0. The van der Waals surface area contributed by atoms with Crippen LogP contribution in [0.15, 0.2) is 84.9 Å². The molecule has 0 aromatic heterocycles. The van der Waals surface area contributed by atoms with Crippen molar-refractivity contribution in [3.05, 3.63) is 107 Å². The number of nitrogens with one attached hydrogen (secondary N) is 4. The Hall–Kier alpha value is -4.30. The van der Waals surface area contributed by atoms with Gasteiger partial charge in [0.05, 0.1) is 0 Å². The zero-order chi connectivity index (χ0) is 23.6. The molecule has 33 heavy (non-hydrogen) atoms. The fourth-order valence-corrected chi connectivity index (χ4v) is 2.95. The fourth-order valence-electron chi connectivity index (χ4n) is 2.80. The molecule has 8 heteroatoms. The summed E-state index contributed by atoms with van der Waals surface area (Å²) in [4.78, 5) is 36.5. The van der Waals surface area contributed by atoms with Gasteiger partial charge >= 0.3 is 0 Å². The van der Waals surface area contributed by atoms with E-state index >= 15 is 0 Å². The van der Waals surface area contributed by atoms with Crippen LogP contribution in [0.2, 0.25) is 0 Å². The second-order valence-electron chi connectivity index (χ2n) is 7.04. The van der Waals surface area contributed by atoms with E-state index < -0.39 is 11.8 Å². The Morgan fingerprint density at radius 1 is 0.788 bits per heavy atom. The first kappa shape index (κ1) is 23.4. The topological polar surface area (TPSA) is 99.3 Å². The predicted molar refractivity (Wildman–Crippen MR) is 132 cm³/mol. The summed E-state index contributed by atoms with van der Waals surface area (Å²) in [5, 5.41) is 5.18. The molecule has 0 unspecified atom stereocenters. The highest BCUT2D eigenvalue weighted by atomic mass is 32.1. The predicted octanol–water partition coefficient (Wildman–Crippen LogP) is 3.60. The molecule has 0 bridgehead atoms. The smallest absolute Gasteiger partial charge is 0.269 e. The Morgan fingerprint density at radius 2 is 1.52 bits per heavy atom. The van der Waals surface area contributed by atoms with Crippen LogP contribution in [-0.2, 0) is 4.79 Å². The number of hydrogen-bond acceptors (Lipinski definition) is 4. The van der Waals surface area contributed by atoms with Crippen molar-refractivity contribution < 1.29 is 14.4 Å². The molecule has 3 amide bonds. The maximum absolute atomic E-state index is 12.3. The van der Waals surface area contributed by atoms with Crippen molar-refractivity contribution in [1.29, 1.82) is 0 Å². The van der Waals surface area contributed by atoms with Gasteiger partial charge < -0.3 is 5.32 Å². The second-order valence-corrected chi connectivity index (χ2v) is 7.45. The molecule has 0 saturated carbocycles. The summed E-state index contributed by atoms with van der Waals surface area (Å²) in [7, 11) is 0. The minimum Gasteiger partial charge on any atom is -0.322 e. The second kappa shape index (κ2) is 11.4. The summed E-state index contributed by atoms with van der Waals surface area (Å²) < 4.78 is 0. The van der Waals surface area contributed by atoms with Crippen LogP contribution in [0.25, 0.3) is 6.08 Å². The third-order valence-electron chi connectivity index (χ3n) is 4.44. The zero-order valence-electron chi connectivity index (χ0n) is 17.8. The lowest BCUT2D eigenvalue weighted by Gasteiger charge is -2.10. The quantitative estimate of drug-likeness (QED) is 0.266. The monoisotopic (exact) mass is 458 g/mol. The van der Waals surface area contributed by atoms with Crippen molar-refractivity contribution in [2.45, 2.75) is 6.92 Å². The van der Waals surface area contributed by atoms with Crippen molar-refractivity contribution in [2.24, 2.45) is 0 Å². The molecule has 0 aliphatic carbocycles. The van der Waals surface area contributed by atoms with Gasteiger partial charge in [0, 0.05) is 22.9 Å². The van der Waals surface area contributed by atoms with Crippen molar-refractivity contribution in [3.63, 3.8) is 0 Å². The summed E-state index contributed by atoms with van der Waals surface area (Å²) in [5.74, 6) is -1.12. The number of hydrogen-bond donors (Lipinski definition) is 4. The summed E-state index contributed by atoms with van der Waals surface area (Å²) in [5.41, 5.74) is 8.20. The Morgan fingerprint density at radius 3 is 2.21 bits per heavy atom. The highest BCUT2D eigenvalue weighted by Crippen LogP contribution is 2.12. The van der Waals surface area contributed by atoms with Gasteiger partial charge in [-0.15, -0.1) is 0 Å². The highest BCUT2D eigenvalue weighted by Gasteiger charge is 2.09. The molecule has 3 aromatic carbocycles. The van der Waals surface area contributed by atoms with Gasteiger partial charge in [0.1, 0.15) is 0 Å². The number of rotatable bonds is 5. The molecule has 4 N–H and O–H groups in total. The van der Waals surface area contributed by atoms with Gasteiger partial charge in [-0.05, 0) is 67.2 Å². The maximum Gasteiger partial charge on any atom is 0.269 e. The number of carbonyl (C=O) groups excluding carboxylic acids is 3. The first-order chi connectivity index (χ1) is 15.9. The maximum atomic E-state index is 12.3. The van der Waals surface area contributed by atoms with Crippen LogP contribution in [0.3, 0.4) is 0 Å². The largest absolute Gasteiger partial charge is 0.322 e. The average molecular weight is 459 g/mol. The minimum atomic E-state index is -0.456. The molecule has 0 aliphatic rings. The molecule has 0 heterocycles. The molecule has 0 aliphatic heterocycles. The van der Waals surface area contributed by atoms with Crippen LogP contribution in [0.5, 0.6) is 0 Å². The Bertz CT molecular complexity index is 1190. The molecule has 3 rings (SSSR count). The van der Waals surface area contributed by atoms with Crippen LogP contribution in [0, 0.1) is 6.92 Å². The number of thiocarbonyl (C=S) groups is 1. The highest BCUT2D eigenvalue weighted by molar-refractivity contribution is 7.80. The lowest BCUT2D eigenvalue weighted by molar-refractivity contribution is -0.115. The van der Waals surface area contributed by atoms with Crippen LogP contribution in [-0.4, -0.2) is 22.8 Å². The summed E-state index contributed by atoms with van der Waals surface area (Å²) in [6, 6.07) is 23.0. The minimum absolute atomic E-state index is 0.0481. The lowest BCUT2D eigenvalue weighted by Crippen LogP contribution is -2.48. The molecule has 0 fully saturated rings. The van der Waals surface area contributed by atoms with Crippen LogP contribution >= 0.6 is 12.2 Å².